The molecule has 312 valence electrons. The van der Waals surface area contributed by atoms with Crippen molar-refractivity contribution in [2.45, 2.75) is 60.2 Å². The van der Waals surface area contributed by atoms with Crippen molar-refractivity contribution >= 4 is 30.0 Å². The Balaban J connectivity index is 1.14. The fourth-order valence-electron chi connectivity index (χ4n) is 6.08. The van der Waals surface area contributed by atoms with Gasteiger partial charge in [-0.05, 0) is 147 Å². The molecule has 5 rings (SSSR count). The van der Waals surface area contributed by atoms with Gasteiger partial charge in [0.25, 0.3) is 0 Å². The summed E-state index contributed by atoms with van der Waals surface area (Å²) in [6.07, 6.45) is 3.98. The van der Waals surface area contributed by atoms with Gasteiger partial charge in [-0.2, -0.15) is 0 Å². The van der Waals surface area contributed by atoms with Crippen molar-refractivity contribution in [3.05, 3.63) is 149 Å². The molecule has 0 aromatic heterocycles. The number of aliphatic hydroxyl groups excluding tert-OH is 1. The number of ether oxygens (including phenoxy) is 6. The summed E-state index contributed by atoms with van der Waals surface area (Å²) in [4.78, 5) is 49.7. The predicted molar refractivity (Wildman–Crippen MR) is 228 cm³/mol. The largest absolute Gasteiger partial charge is 0.494 e. The molecule has 4 aromatic rings. The highest BCUT2D eigenvalue weighted by Crippen LogP contribution is 2.36. The number of carbonyl (C=O) groups excluding carboxylic acids is 4. The first-order chi connectivity index (χ1) is 28.5. The first-order valence-corrected chi connectivity index (χ1v) is 19.4. The van der Waals surface area contributed by atoms with Gasteiger partial charge in [0, 0.05) is 22.6 Å². The van der Waals surface area contributed by atoms with Gasteiger partial charge in [0.15, 0.2) is 0 Å². The summed E-state index contributed by atoms with van der Waals surface area (Å²) in [6, 6.07) is 22.9. The van der Waals surface area contributed by atoms with E-state index in [1.54, 1.807) is 64.1 Å². The number of fused-ring (bicyclic) bond motifs is 3. The van der Waals surface area contributed by atoms with E-state index < -0.39 is 35.6 Å². The topological polar surface area (TPSA) is 144 Å². The molecule has 1 aliphatic rings. The lowest BCUT2D eigenvalue weighted by atomic mass is 9.84. The van der Waals surface area contributed by atoms with E-state index in [2.05, 4.69) is 25.8 Å². The number of benzene rings is 4. The quantitative estimate of drug-likeness (QED) is 0.0338. The lowest BCUT2D eigenvalue weighted by Gasteiger charge is -2.28. The lowest BCUT2D eigenvalue weighted by molar-refractivity contribution is -0.149. The second-order valence-electron chi connectivity index (χ2n) is 15.3. The molecule has 1 unspecified atom stereocenters. The molecule has 0 bridgehead atoms. The molecule has 11 heteroatoms. The van der Waals surface area contributed by atoms with Gasteiger partial charge in [0.05, 0.1) is 12.2 Å². The summed E-state index contributed by atoms with van der Waals surface area (Å²) in [7, 11) is 0. The standard InChI is InChI=1S/C49H50O11/c1-30(2)45(51)56-28-49(8,29-57-46(52)31(3)4)23-24-55-39-17-20-42-37(27-39)12-11-36-26-34(9-19-41(36)42)10-22-44(50)60-43-21-18-40(25-33(43)7)59-48(54)35-13-15-38(16-14-35)58-47(53)32(5)6/h9-10,13-22,25-27,47,53H,1,3,5,11-12,23-24,28-29H2,2,4,6-8H3/b22-10+. The van der Waals surface area contributed by atoms with Crippen molar-refractivity contribution in [1.82, 2.24) is 0 Å². The zero-order chi connectivity index (χ0) is 43.6. The molecule has 4 aromatic carbocycles. The fourth-order valence-corrected chi connectivity index (χ4v) is 6.08. The molecule has 11 nitrogen and oxygen atoms in total. The molecule has 1 aliphatic carbocycles. The minimum Gasteiger partial charge on any atom is -0.494 e. The van der Waals surface area contributed by atoms with Crippen molar-refractivity contribution in [2.24, 2.45) is 5.41 Å². The molecule has 0 spiro atoms. The zero-order valence-corrected chi connectivity index (χ0v) is 34.6. The summed E-state index contributed by atoms with van der Waals surface area (Å²) >= 11 is 0. The Morgan fingerprint density at radius 2 is 1.33 bits per heavy atom. The van der Waals surface area contributed by atoms with Crippen LogP contribution in [0.25, 0.3) is 17.2 Å². The lowest BCUT2D eigenvalue weighted by Crippen LogP contribution is -2.33. The van der Waals surface area contributed by atoms with Crippen LogP contribution in [0.4, 0.5) is 0 Å². The monoisotopic (exact) mass is 814 g/mol. The van der Waals surface area contributed by atoms with Crippen LogP contribution in [0.1, 0.15) is 66.7 Å². The van der Waals surface area contributed by atoms with Gasteiger partial charge < -0.3 is 33.5 Å². The highest BCUT2D eigenvalue weighted by Gasteiger charge is 2.29. The van der Waals surface area contributed by atoms with Crippen molar-refractivity contribution in [3.8, 4) is 34.1 Å². The Morgan fingerprint density at radius 1 is 0.750 bits per heavy atom. The highest BCUT2D eigenvalue weighted by atomic mass is 16.6. The number of aryl methyl sites for hydroxylation is 3. The maximum Gasteiger partial charge on any atom is 0.343 e. The van der Waals surface area contributed by atoms with E-state index in [-0.39, 0.29) is 35.7 Å². The zero-order valence-electron chi connectivity index (χ0n) is 34.6. The van der Waals surface area contributed by atoms with Gasteiger partial charge in [0.1, 0.15) is 36.2 Å². The Morgan fingerprint density at radius 3 is 1.93 bits per heavy atom. The number of esters is 4. The van der Waals surface area contributed by atoms with Crippen LogP contribution in [0, 0.1) is 12.3 Å². The molecule has 0 heterocycles. The fraction of sp³-hybridized carbons (Fsp3) is 0.265. The van der Waals surface area contributed by atoms with Gasteiger partial charge >= 0.3 is 23.9 Å². The van der Waals surface area contributed by atoms with E-state index in [4.69, 9.17) is 28.4 Å². The van der Waals surface area contributed by atoms with Crippen LogP contribution in [-0.4, -0.2) is 55.1 Å². The first kappa shape index (κ1) is 44.4. The molecular weight excluding hydrogens is 765 g/mol. The average Bonchev–Trinajstić information content (AvgIpc) is 3.22. The van der Waals surface area contributed by atoms with Crippen molar-refractivity contribution < 1.29 is 52.7 Å². The van der Waals surface area contributed by atoms with Gasteiger partial charge in [-0.1, -0.05) is 50.9 Å². The molecule has 0 saturated carbocycles. The second kappa shape index (κ2) is 19.8. The molecule has 60 heavy (non-hydrogen) atoms. The molecular formula is C49H50O11. The average molecular weight is 815 g/mol. The minimum absolute atomic E-state index is 0.0267. The summed E-state index contributed by atoms with van der Waals surface area (Å²) < 4.78 is 33.4. The third-order valence-electron chi connectivity index (χ3n) is 9.67. The molecule has 0 fully saturated rings. The smallest absolute Gasteiger partial charge is 0.343 e. The van der Waals surface area contributed by atoms with E-state index in [0.29, 0.717) is 41.4 Å². The Kier molecular flexibility index (Phi) is 14.7. The maximum absolute atomic E-state index is 12.8. The maximum atomic E-state index is 12.8. The molecule has 1 atom stereocenters. The Hall–Kier alpha value is -6.72. The molecule has 0 radical (unpaired) electrons. The van der Waals surface area contributed by atoms with E-state index in [9.17, 15) is 24.3 Å². The number of hydrogen-bond acceptors (Lipinski definition) is 11. The summed E-state index contributed by atoms with van der Waals surface area (Å²) in [5.41, 5.74) is 6.57. The number of carbonyl (C=O) groups is 4. The molecule has 1 N–H and O–H groups in total. The van der Waals surface area contributed by atoms with Crippen LogP contribution < -0.4 is 18.9 Å². The van der Waals surface area contributed by atoms with Gasteiger partial charge in [-0.3, -0.25) is 0 Å². The van der Waals surface area contributed by atoms with E-state index in [1.165, 1.54) is 18.2 Å². The van der Waals surface area contributed by atoms with Crippen LogP contribution in [0.3, 0.4) is 0 Å². The highest BCUT2D eigenvalue weighted by molar-refractivity contribution is 5.92. The van der Waals surface area contributed by atoms with Crippen LogP contribution >= 0.6 is 0 Å². The van der Waals surface area contributed by atoms with Crippen LogP contribution in [0.2, 0.25) is 0 Å². The second-order valence-corrected chi connectivity index (χ2v) is 15.3. The predicted octanol–water partition coefficient (Wildman–Crippen LogP) is 8.89. The normalized spacial score (nSPS) is 12.3. The third-order valence-corrected chi connectivity index (χ3v) is 9.67. The molecule has 0 saturated heterocycles. The van der Waals surface area contributed by atoms with Crippen molar-refractivity contribution in [2.75, 3.05) is 19.8 Å². The number of aliphatic hydroxyl groups is 1. The first-order valence-electron chi connectivity index (χ1n) is 19.4. The van der Waals surface area contributed by atoms with Crippen molar-refractivity contribution in [1.29, 1.82) is 0 Å². The van der Waals surface area contributed by atoms with Gasteiger partial charge in [-0.15, -0.1) is 0 Å². The van der Waals surface area contributed by atoms with E-state index >= 15 is 0 Å². The number of hydrogen-bond donors (Lipinski definition) is 1. The molecule has 0 amide bonds. The van der Waals surface area contributed by atoms with Gasteiger partial charge in [-0.25, -0.2) is 19.2 Å². The Labute approximate surface area is 350 Å². The van der Waals surface area contributed by atoms with Crippen LogP contribution in [0.15, 0.2) is 121 Å². The van der Waals surface area contributed by atoms with Crippen molar-refractivity contribution in [3.63, 3.8) is 0 Å². The summed E-state index contributed by atoms with van der Waals surface area (Å²) in [5.74, 6) is -0.483. The summed E-state index contributed by atoms with van der Waals surface area (Å²) in [6.45, 7) is 19.6. The van der Waals surface area contributed by atoms with Crippen LogP contribution in [-0.2, 0) is 36.7 Å². The molecule has 0 aliphatic heterocycles. The van der Waals surface area contributed by atoms with Crippen LogP contribution in [0.5, 0.6) is 23.0 Å². The van der Waals surface area contributed by atoms with E-state index in [1.807, 2.05) is 37.3 Å². The SMILES string of the molecule is C=C(C)C(=O)OCC(C)(CCOc1ccc2c(c1)CCc1cc(/C=C/C(=O)Oc3ccc(OC(=O)c4ccc(OC(O)C(=C)C)cc4)cc3C)ccc1-2)COC(=O)C(=C)C. The van der Waals surface area contributed by atoms with E-state index in [0.717, 1.165) is 40.7 Å². The summed E-state index contributed by atoms with van der Waals surface area (Å²) in [5, 5.41) is 9.82. The number of rotatable bonds is 18. The Bertz CT molecular complexity index is 2300. The third kappa shape index (κ3) is 12.2. The minimum atomic E-state index is -1.15. The van der Waals surface area contributed by atoms with Gasteiger partial charge in [0.2, 0.25) is 6.29 Å².